The van der Waals surface area contributed by atoms with Gasteiger partial charge in [-0.05, 0) is 67.5 Å². The Morgan fingerprint density at radius 3 is 2.69 bits per heavy atom. The van der Waals surface area contributed by atoms with E-state index in [2.05, 4.69) is 4.98 Å². The Balaban J connectivity index is 1.36. The molecule has 0 radical (unpaired) electrons. The number of halogens is 5. The van der Waals surface area contributed by atoms with Crippen LogP contribution in [0.1, 0.15) is 37.4 Å². The van der Waals surface area contributed by atoms with Crippen LogP contribution in [-0.2, 0) is 4.79 Å². The topological polar surface area (TPSA) is 62.7 Å². The van der Waals surface area contributed by atoms with E-state index in [4.69, 9.17) is 4.74 Å². The van der Waals surface area contributed by atoms with Gasteiger partial charge in [0.25, 0.3) is 0 Å². The van der Waals surface area contributed by atoms with Gasteiger partial charge >= 0.3 is 5.97 Å². The number of carboxylic acid groups (broad SMARTS) is 1. The molecule has 11 heteroatoms. The van der Waals surface area contributed by atoms with Crippen LogP contribution in [0.5, 0.6) is 5.75 Å². The van der Waals surface area contributed by atoms with Crippen LogP contribution >= 0.6 is 11.8 Å². The standard InChI is InChI=1S/C28H29F5N2O3S/c1-38-18-3-5-24-20(13-18)19(6-8-34-24)21(29)4-2-16-7-9-35(15-17(16)12-25(36)37)10-11-39-28-23(31)14-22(30)26(32)27(28)33/h3,5-6,8,13-14,16-17,21H,2,4,7,9-12,15H2,1H3,(H,36,37)/t16-,17+,21-/m1/s1. The Kier molecular flexibility index (Phi) is 9.66. The number of alkyl halides is 1. The second kappa shape index (κ2) is 13.0. The lowest BCUT2D eigenvalue weighted by Gasteiger charge is -2.38. The summed E-state index contributed by atoms with van der Waals surface area (Å²) >= 11 is 0.743. The van der Waals surface area contributed by atoms with Gasteiger partial charge in [0.15, 0.2) is 17.5 Å². The number of hydrogen-bond donors (Lipinski definition) is 1. The highest BCUT2D eigenvalue weighted by atomic mass is 32.2. The Morgan fingerprint density at radius 2 is 1.95 bits per heavy atom. The van der Waals surface area contributed by atoms with Crippen LogP contribution in [0.4, 0.5) is 22.0 Å². The van der Waals surface area contributed by atoms with Gasteiger partial charge in [0.2, 0.25) is 0 Å². The number of aliphatic carboxylic acids is 1. The molecule has 39 heavy (non-hydrogen) atoms. The molecule has 1 aliphatic heterocycles. The van der Waals surface area contributed by atoms with Crippen molar-refractivity contribution in [2.24, 2.45) is 11.8 Å². The summed E-state index contributed by atoms with van der Waals surface area (Å²) in [6.07, 6.45) is 1.60. The van der Waals surface area contributed by atoms with Crippen LogP contribution in [0.3, 0.4) is 0 Å². The third-order valence-electron chi connectivity index (χ3n) is 7.25. The molecule has 0 spiro atoms. The third-order valence-corrected chi connectivity index (χ3v) is 8.30. The molecule has 1 saturated heterocycles. The molecule has 0 aliphatic carbocycles. The number of nitrogens with zero attached hydrogens (tertiary/aromatic N) is 2. The van der Waals surface area contributed by atoms with Gasteiger partial charge in [-0.15, -0.1) is 11.8 Å². The van der Waals surface area contributed by atoms with E-state index in [1.54, 1.807) is 30.5 Å². The number of benzene rings is 2. The largest absolute Gasteiger partial charge is 0.497 e. The first-order chi connectivity index (χ1) is 18.7. The van der Waals surface area contributed by atoms with Crippen LogP contribution in [-0.4, -0.2) is 53.5 Å². The van der Waals surface area contributed by atoms with Crippen molar-refractivity contribution in [2.75, 3.05) is 32.5 Å². The minimum atomic E-state index is -1.72. The number of fused-ring (bicyclic) bond motifs is 1. The summed E-state index contributed by atoms with van der Waals surface area (Å²) < 4.78 is 75.3. The van der Waals surface area contributed by atoms with Gasteiger partial charge in [-0.2, -0.15) is 0 Å². The second-order valence-corrected chi connectivity index (χ2v) is 10.8. The molecule has 5 nitrogen and oxygen atoms in total. The molecule has 3 aromatic rings. The van der Waals surface area contributed by atoms with E-state index in [0.717, 1.165) is 11.8 Å². The van der Waals surface area contributed by atoms with E-state index in [1.807, 2.05) is 4.90 Å². The predicted octanol–water partition coefficient (Wildman–Crippen LogP) is 6.80. The van der Waals surface area contributed by atoms with Gasteiger partial charge < -0.3 is 14.7 Å². The maximum Gasteiger partial charge on any atom is 0.303 e. The minimum Gasteiger partial charge on any atom is -0.497 e. The zero-order valence-electron chi connectivity index (χ0n) is 21.3. The number of ether oxygens (including phenoxy) is 1. The van der Waals surface area contributed by atoms with E-state index >= 15 is 4.39 Å². The summed E-state index contributed by atoms with van der Waals surface area (Å²) in [6.45, 7) is 1.42. The minimum absolute atomic E-state index is 0.00743. The van der Waals surface area contributed by atoms with Crippen LogP contribution in [0.15, 0.2) is 41.4 Å². The smallest absolute Gasteiger partial charge is 0.303 e. The molecule has 0 saturated carbocycles. The fraction of sp³-hybridized carbons (Fsp3) is 0.429. The molecule has 210 valence electrons. The number of pyridine rings is 1. The van der Waals surface area contributed by atoms with E-state index in [-0.39, 0.29) is 30.4 Å². The Labute approximate surface area is 227 Å². The first kappa shape index (κ1) is 29.1. The number of rotatable bonds is 11. The van der Waals surface area contributed by atoms with E-state index in [0.29, 0.717) is 60.8 Å². The average molecular weight is 569 g/mol. The Morgan fingerprint density at radius 1 is 1.15 bits per heavy atom. The third kappa shape index (κ3) is 7.00. The number of thioether (sulfide) groups is 1. The van der Waals surface area contributed by atoms with Crippen LogP contribution in [0.25, 0.3) is 10.9 Å². The molecular formula is C28H29F5N2O3S. The second-order valence-electron chi connectivity index (χ2n) is 9.68. The van der Waals surface area contributed by atoms with Crippen molar-refractivity contribution in [1.82, 2.24) is 9.88 Å². The summed E-state index contributed by atoms with van der Waals surface area (Å²) in [5.41, 5.74) is 1.17. The van der Waals surface area contributed by atoms with Crippen LogP contribution in [0.2, 0.25) is 0 Å². The lowest BCUT2D eigenvalue weighted by molar-refractivity contribution is -0.139. The first-order valence-electron chi connectivity index (χ1n) is 12.6. The molecule has 3 atom stereocenters. The van der Waals surface area contributed by atoms with Gasteiger partial charge in [-0.3, -0.25) is 9.78 Å². The maximum absolute atomic E-state index is 15.5. The Hall–Kier alpha value is -2.92. The number of aromatic nitrogens is 1. The van der Waals surface area contributed by atoms with Crippen molar-refractivity contribution < 1.29 is 36.6 Å². The SMILES string of the molecule is COc1ccc2nccc([C@H](F)CC[C@@H]3CCN(CCSc4c(F)cc(F)c(F)c4F)C[C@@H]3CC(=O)O)c2c1. The highest BCUT2D eigenvalue weighted by molar-refractivity contribution is 7.99. The normalized spacial score (nSPS) is 18.8. The summed E-state index contributed by atoms with van der Waals surface area (Å²) in [5, 5.41) is 10.1. The van der Waals surface area contributed by atoms with Gasteiger partial charge in [0.05, 0.1) is 17.5 Å². The fourth-order valence-corrected chi connectivity index (χ4v) is 6.18. The molecule has 4 rings (SSSR count). The van der Waals surface area contributed by atoms with E-state index < -0.39 is 40.3 Å². The fourth-order valence-electron chi connectivity index (χ4n) is 5.22. The average Bonchev–Trinajstić information content (AvgIpc) is 2.92. The number of carbonyl (C=O) groups is 1. The number of likely N-dealkylation sites (tertiary alicyclic amines) is 1. The molecule has 2 heterocycles. The van der Waals surface area contributed by atoms with Gasteiger partial charge in [-0.1, -0.05) is 0 Å². The number of piperidine rings is 1. The van der Waals surface area contributed by atoms with Gasteiger partial charge in [0, 0.05) is 42.9 Å². The molecule has 0 amide bonds. The summed E-state index contributed by atoms with van der Waals surface area (Å²) in [5.74, 6) is -6.39. The van der Waals surface area contributed by atoms with Crippen LogP contribution in [0, 0.1) is 35.1 Å². The van der Waals surface area contributed by atoms with Crippen molar-refractivity contribution in [3.63, 3.8) is 0 Å². The molecule has 0 unspecified atom stereocenters. The number of carboxylic acids is 1. The lowest BCUT2D eigenvalue weighted by Crippen LogP contribution is -2.42. The highest BCUT2D eigenvalue weighted by Gasteiger charge is 2.31. The summed E-state index contributed by atoms with van der Waals surface area (Å²) in [7, 11) is 1.54. The zero-order valence-corrected chi connectivity index (χ0v) is 22.1. The molecule has 0 bridgehead atoms. The molecule has 2 aromatic carbocycles. The first-order valence-corrected chi connectivity index (χ1v) is 13.6. The molecule has 1 aromatic heterocycles. The van der Waals surface area contributed by atoms with Crippen molar-refractivity contribution >= 4 is 28.6 Å². The van der Waals surface area contributed by atoms with E-state index in [9.17, 15) is 27.5 Å². The van der Waals surface area contributed by atoms with Gasteiger partial charge in [-0.25, -0.2) is 22.0 Å². The van der Waals surface area contributed by atoms with Crippen molar-refractivity contribution in [3.8, 4) is 5.75 Å². The summed E-state index contributed by atoms with van der Waals surface area (Å²) in [4.78, 5) is 17.3. The van der Waals surface area contributed by atoms with Gasteiger partial charge in [0.1, 0.15) is 17.7 Å². The van der Waals surface area contributed by atoms with Crippen molar-refractivity contribution in [3.05, 3.63) is 65.4 Å². The predicted molar refractivity (Wildman–Crippen MR) is 139 cm³/mol. The van der Waals surface area contributed by atoms with Crippen molar-refractivity contribution in [1.29, 1.82) is 0 Å². The molecule has 1 fully saturated rings. The number of methoxy groups -OCH3 is 1. The molecule has 1 aliphatic rings. The van der Waals surface area contributed by atoms with Crippen molar-refractivity contribution in [2.45, 2.75) is 36.8 Å². The zero-order chi connectivity index (χ0) is 28.1. The quantitative estimate of drug-likeness (QED) is 0.119. The summed E-state index contributed by atoms with van der Waals surface area (Å²) in [6, 6.07) is 7.27. The Bertz CT molecular complexity index is 1330. The maximum atomic E-state index is 15.5. The van der Waals surface area contributed by atoms with E-state index in [1.165, 1.54) is 7.11 Å². The van der Waals surface area contributed by atoms with Crippen LogP contribution < -0.4 is 4.74 Å². The highest BCUT2D eigenvalue weighted by Crippen LogP contribution is 2.36. The molecular weight excluding hydrogens is 539 g/mol. The lowest BCUT2D eigenvalue weighted by atomic mass is 9.79. The monoisotopic (exact) mass is 568 g/mol. The number of hydrogen-bond acceptors (Lipinski definition) is 5. The molecule has 1 N–H and O–H groups in total.